The molecule has 0 unspecified atom stereocenters. The Morgan fingerprint density at radius 1 is 1.13 bits per heavy atom. The lowest BCUT2D eigenvalue weighted by molar-refractivity contribution is -0.124. The van der Waals surface area contributed by atoms with Crippen molar-refractivity contribution in [3.63, 3.8) is 0 Å². The van der Waals surface area contributed by atoms with Crippen molar-refractivity contribution in [1.29, 1.82) is 0 Å². The first-order chi connectivity index (χ1) is 14.6. The third kappa shape index (κ3) is 4.31. The Hall–Kier alpha value is -3.71. The Balaban J connectivity index is 1.71. The summed E-state index contributed by atoms with van der Waals surface area (Å²) in [7, 11) is 1.71. The van der Waals surface area contributed by atoms with Crippen LogP contribution < -0.4 is 0 Å². The summed E-state index contributed by atoms with van der Waals surface area (Å²) in [4.78, 5) is 15.0. The van der Waals surface area contributed by atoms with Gasteiger partial charge >= 0.3 is 0 Å². The van der Waals surface area contributed by atoms with Gasteiger partial charge in [-0.1, -0.05) is 54.1 Å². The minimum absolute atomic E-state index is 0.262. The number of furan rings is 1. The maximum absolute atomic E-state index is 13.4. The highest BCUT2D eigenvalue weighted by molar-refractivity contribution is 6.30. The standard InChI is InChI=1S/C22H18ClN5O2/c1-27(15-16-7-5-10-18(23)13-16)22(29)20(14-19-11-6-12-30-19)28-21(24-25-26-28)17-8-3-2-4-9-17/h2-14H,15H2,1H3/b20-14+. The molecule has 0 aliphatic rings. The van der Waals surface area contributed by atoms with E-state index in [1.807, 2.05) is 48.5 Å². The van der Waals surface area contributed by atoms with Crippen LogP contribution in [0.25, 0.3) is 23.2 Å². The number of tetrazole rings is 1. The SMILES string of the molecule is CN(Cc1cccc(Cl)c1)C(=O)/C(=C\c1ccco1)n1nnnc1-c1ccccc1. The Labute approximate surface area is 178 Å². The van der Waals surface area contributed by atoms with Crippen molar-refractivity contribution in [3.05, 3.63) is 89.3 Å². The number of amides is 1. The number of halogens is 1. The number of nitrogens with zero attached hydrogens (tertiary/aromatic N) is 5. The highest BCUT2D eigenvalue weighted by atomic mass is 35.5. The van der Waals surface area contributed by atoms with Gasteiger partial charge in [-0.2, -0.15) is 4.68 Å². The zero-order chi connectivity index (χ0) is 20.9. The summed E-state index contributed by atoms with van der Waals surface area (Å²) in [6.07, 6.45) is 3.17. The molecule has 2 aromatic carbocycles. The minimum atomic E-state index is -0.268. The zero-order valence-electron chi connectivity index (χ0n) is 16.1. The predicted molar refractivity (Wildman–Crippen MR) is 114 cm³/mol. The molecule has 0 N–H and O–H groups in total. The lowest BCUT2D eigenvalue weighted by Gasteiger charge is -2.19. The molecular formula is C22H18ClN5O2. The van der Waals surface area contributed by atoms with Crippen molar-refractivity contribution in [2.75, 3.05) is 7.05 Å². The largest absolute Gasteiger partial charge is 0.465 e. The van der Waals surface area contributed by atoms with E-state index in [-0.39, 0.29) is 11.6 Å². The molecule has 0 saturated heterocycles. The number of carbonyl (C=O) groups is 1. The first-order valence-corrected chi connectivity index (χ1v) is 9.59. The van der Waals surface area contributed by atoms with Gasteiger partial charge in [0.15, 0.2) is 5.82 Å². The van der Waals surface area contributed by atoms with Crippen LogP contribution in [0.15, 0.2) is 77.4 Å². The van der Waals surface area contributed by atoms with Crippen molar-refractivity contribution in [3.8, 4) is 11.4 Å². The number of aromatic nitrogens is 4. The quantitative estimate of drug-likeness (QED) is 0.437. The molecule has 0 spiro atoms. The Morgan fingerprint density at radius 3 is 2.70 bits per heavy atom. The van der Waals surface area contributed by atoms with Crippen LogP contribution in [-0.4, -0.2) is 38.1 Å². The first-order valence-electron chi connectivity index (χ1n) is 9.21. The van der Waals surface area contributed by atoms with Gasteiger partial charge in [0.1, 0.15) is 11.5 Å². The molecule has 8 heteroatoms. The second-order valence-corrected chi connectivity index (χ2v) is 7.05. The van der Waals surface area contributed by atoms with Crippen LogP contribution >= 0.6 is 11.6 Å². The number of rotatable bonds is 6. The van der Waals surface area contributed by atoms with Gasteiger partial charge in [0.05, 0.1) is 6.26 Å². The summed E-state index contributed by atoms with van der Waals surface area (Å²) < 4.78 is 6.85. The van der Waals surface area contributed by atoms with Crippen LogP contribution in [0.3, 0.4) is 0 Å². The normalized spacial score (nSPS) is 11.5. The summed E-state index contributed by atoms with van der Waals surface area (Å²) in [6.45, 7) is 0.373. The smallest absolute Gasteiger partial charge is 0.272 e. The van der Waals surface area contributed by atoms with E-state index in [2.05, 4.69) is 15.5 Å². The highest BCUT2D eigenvalue weighted by Gasteiger charge is 2.23. The molecule has 0 radical (unpaired) electrons. The third-order valence-corrected chi connectivity index (χ3v) is 4.66. The van der Waals surface area contributed by atoms with Crippen LogP contribution in [0.5, 0.6) is 0 Å². The second-order valence-electron chi connectivity index (χ2n) is 6.62. The first kappa shape index (κ1) is 19.6. The molecule has 7 nitrogen and oxygen atoms in total. The molecule has 150 valence electrons. The molecule has 1 amide bonds. The van der Waals surface area contributed by atoms with Crippen molar-refractivity contribution in [1.82, 2.24) is 25.1 Å². The van der Waals surface area contributed by atoms with E-state index in [9.17, 15) is 4.79 Å². The number of carbonyl (C=O) groups excluding carboxylic acids is 1. The lowest BCUT2D eigenvalue weighted by atomic mass is 10.2. The lowest BCUT2D eigenvalue weighted by Crippen LogP contribution is -2.29. The molecule has 30 heavy (non-hydrogen) atoms. The van der Waals surface area contributed by atoms with Crippen molar-refractivity contribution in [2.24, 2.45) is 0 Å². The molecule has 0 aliphatic heterocycles. The summed E-state index contributed by atoms with van der Waals surface area (Å²) in [5.74, 6) is 0.706. The van der Waals surface area contributed by atoms with E-state index in [4.69, 9.17) is 16.0 Å². The fourth-order valence-corrected chi connectivity index (χ4v) is 3.23. The van der Waals surface area contributed by atoms with E-state index in [0.717, 1.165) is 11.1 Å². The second kappa shape index (κ2) is 8.75. The van der Waals surface area contributed by atoms with Gasteiger partial charge in [-0.05, 0) is 40.3 Å². The van der Waals surface area contributed by atoms with Gasteiger partial charge in [0, 0.05) is 30.3 Å². The summed E-state index contributed by atoms with van der Waals surface area (Å²) in [5.41, 5.74) is 1.96. The van der Waals surface area contributed by atoms with E-state index < -0.39 is 0 Å². The number of hydrogen-bond acceptors (Lipinski definition) is 5. The van der Waals surface area contributed by atoms with E-state index >= 15 is 0 Å². The Morgan fingerprint density at radius 2 is 1.97 bits per heavy atom. The molecule has 0 atom stereocenters. The molecule has 0 aliphatic carbocycles. The number of benzene rings is 2. The fraction of sp³-hybridized carbons (Fsp3) is 0.0909. The zero-order valence-corrected chi connectivity index (χ0v) is 16.9. The van der Waals surface area contributed by atoms with E-state index in [1.165, 1.54) is 4.68 Å². The number of hydrogen-bond donors (Lipinski definition) is 0. The van der Waals surface area contributed by atoms with Crippen LogP contribution in [0.2, 0.25) is 5.02 Å². The summed E-state index contributed by atoms with van der Waals surface area (Å²) in [5, 5.41) is 12.6. The molecule has 4 rings (SSSR count). The molecule has 0 saturated carbocycles. The van der Waals surface area contributed by atoms with Gasteiger partial charge in [-0.3, -0.25) is 4.79 Å². The molecular weight excluding hydrogens is 402 g/mol. The molecule has 2 aromatic heterocycles. The monoisotopic (exact) mass is 419 g/mol. The van der Waals surface area contributed by atoms with Crippen LogP contribution in [0.1, 0.15) is 11.3 Å². The Kier molecular flexibility index (Phi) is 5.72. The topological polar surface area (TPSA) is 77.0 Å². The average molecular weight is 420 g/mol. The Bertz CT molecular complexity index is 1170. The van der Waals surface area contributed by atoms with Crippen LogP contribution in [0, 0.1) is 0 Å². The molecule has 2 heterocycles. The molecule has 0 bridgehead atoms. The van der Waals surface area contributed by atoms with Crippen LogP contribution in [0.4, 0.5) is 0 Å². The van der Waals surface area contributed by atoms with Crippen molar-refractivity contribution < 1.29 is 9.21 Å². The van der Waals surface area contributed by atoms with Gasteiger partial charge in [-0.15, -0.1) is 5.10 Å². The minimum Gasteiger partial charge on any atom is -0.465 e. The molecule has 4 aromatic rings. The summed E-state index contributed by atoms with van der Waals surface area (Å²) >= 11 is 6.08. The maximum Gasteiger partial charge on any atom is 0.272 e. The fourth-order valence-electron chi connectivity index (χ4n) is 3.01. The third-order valence-electron chi connectivity index (χ3n) is 4.43. The van der Waals surface area contributed by atoms with Gasteiger partial charge in [0.25, 0.3) is 5.91 Å². The predicted octanol–water partition coefficient (Wildman–Crippen LogP) is 4.24. The van der Waals surface area contributed by atoms with E-state index in [0.29, 0.717) is 23.2 Å². The van der Waals surface area contributed by atoms with Gasteiger partial charge < -0.3 is 9.32 Å². The van der Waals surface area contributed by atoms with Crippen LogP contribution in [-0.2, 0) is 11.3 Å². The maximum atomic E-state index is 13.4. The average Bonchev–Trinajstić information content (AvgIpc) is 3.44. The highest BCUT2D eigenvalue weighted by Crippen LogP contribution is 2.22. The summed E-state index contributed by atoms with van der Waals surface area (Å²) in [6, 6.07) is 20.3. The van der Waals surface area contributed by atoms with Gasteiger partial charge in [-0.25, -0.2) is 0 Å². The van der Waals surface area contributed by atoms with Crippen molar-refractivity contribution >= 4 is 29.3 Å². The van der Waals surface area contributed by atoms with Crippen molar-refractivity contribution in [2.45, 2.75) is 6.54 Å². The van der Waals surface area contributed by atoms with Gasteiger partial charge in [0.2, 0.25) is 0 Å². The number of likely N-dealkylation sites (N-methyl/N-ethyl adjacent to an activating group) is 1. The van der Waals surface area contributed by atoms with E-state index in [1.54, 1.807) is 42.5 Å². The molecule has 0 fully saturated rings.